The van der Waals surface area contributed by atoms with Crippen molar-refractivity contribution >= 4 is 33.0 Å². The number of rotatable bonds is 2. The van der Waals surface area contributed by atoms with Crippen molar-refractivity contribution in [3.05, 3.63) is 61.0 Å². The average Bonchev–Trinajstić information content (AvgIpc) is 3.16. The fourth-order valence-electron chi connectivity index (χ4n) is 3.70. The molecule has 2 aromatic heterocycles. The normalized spacial score (nSPS) is 15.3. The van der Waals surface area contributed by atoms with Gasteiger partial charge in [-0.25, -0.2) is 9.78 Å². The van der Waals surface area contributed by atoms with E-state index in [4.69, 9.17) is 0 Å². The molecule has 0 spiro atoms. The van der Waals surface area contributed by atoms with Crippen molar-refractivity contribution in [1.82, 2.24) is 24.0 Å². The molecule has 3 heterocycles. The first kappa shape index (κ1) is 18.7. The zero-order valence-corrected chi connectivity index (χ0v) is 17.2. The van der Waals surface area contributed by atoms with E-state index in [0.717, 1.165) is 21.9 Å². The molecule has 0 saturated carbocycles. The van der Waals surface area contributed by atoms with E-state index in [0.29, 0.717) is 35.6 Å². The van der Waals surface area contributed by atoms with Crippen molar-refractivity contribution in [2.45, 2.75) is 18.8 Å². The zero-order chi connectivity index (χ0) is 20.0. The lowest BCUT2D eigenvalue weighted by Crippen LogP contribution is -2.38. The molecule has 1 aliphatic heterocycles. The summed E-state index contributed by atoms with van der Waals surface area (Å²) >= 11 is 3.40. The summed E-state index contributed by atoms with van der Waals surface area (Å²) in [6, 6.07) is 7.38. The number of aromatic nitrogens is 4. The molecule has 0 unspecified atom stereocenters. The maximum atomic E-state index is 12.7. The van der Waals surface area contributed by atoms with Crippen LogP contribution in [-0.4, -0.2) is 43.0 Å². The molecule has 28 heavy (non-hydrogen) atoms. The first-order valence-electron chi connectivity index (χ1n) is 9.07. The molecule has 1 amide bonds. The number of likely N-dealkylation sites (tertiary alicyclic amines) is 1. The summed E-state index contributed by atoms with van der Waals surface area (Å²) in [4.78, 5) is 46.6. The minimum atomic E-state index is -0.398. The molecule has 0 atom stereocenters. The van der Waals surface area contributed by atoms with E-state index in [9.17, 15) is 14.4 Å². The van der Waals surface area contributed by atoms with Crippen LogP contribution in [0.1, 0.15) is 34.9 Å². The molecule has 1 saturated heterocycles. The standard InChI is InChI=1S/C19H20BrN5O3/c1-23-16-14(18(27)24(2)19(23)28)21-15(22-16)11-6-8-25(9-7-11)17(26)12-4-3-5-13(20)10-12/h3-5,10-11H,6-9H2,1-2H3,(H,21,22). The van der Waals surface area contributed by atoms with Gasteiger partial charge >= 0.3 is 5.69 Å². The lowest BCUT2D eigenvalue weighted by Gasteiger charge is -2.31. The van der Waals surface area contributed by atoms with E-state index in [1.54, 1.807) is 7.05 Å². The van der Waals surface area contributed by atoms with E-state index < -0.39 is 5.69 Å². The number of hydrogen-bond donors (Lipinski definition) is 1. The van der Waals surface area contributed by atoms with E-state index in [1.807, 2.05) is 29.2 Å². The molecule has 1 aromatic carbocycles. The minimum absolute atomic E-state index is 0.0145. The number of nitrogens with one attached hydrogen (secondary N) is 1. The van der Waals surface area contributed by atoms with Crippen LogP contribution in [0.15, 0.2) is 38.3 Å². The number of benzene rings is 1. The van der Waals surface area contributed by atoms with Crippen LogP contribution in [0, 0.1) is 0 Å². The average molecular weight is 446 g/mol. The molecular weight excluding hydrogens is 426 g/mol. The third kappa shape index (κ3) is 3.09. The largest absolute Gasteiger partial charge is 0.339 e. The lowest BCUT2D eigenvalue weighted by molar-refractivity contribution is 0.0711. The maximum Gasteiger partial charge on any atom is 0.332 e. The minimum Gasteiger partial charge on any atom is -0.339 e. The second-order valence-corrected chi connectivity index (χ2v) is 8.02. The lowest BCUT2D eigenvalue weighted by atomic mass is 9.95. The number of halogens is 1. The van der Waals surface area contributed by atoms with Gasteiger partial charge < -0.3 is 9.88 Å². The number of H-pyrrole nitrogens is 1. The van der Waals surface area contributed by atoms with Gasteiger partial charge in [-0.1, -0.05) is 22.0 Å². The Bertz CT molecular complexity index is 1180. The smallest absolute Gasteiger partial charge is 0.332 e. The summed E-state index contributed by atoms with van der Waals surface area (Å²) in [5.74, 6) is 0.822. The zero-order valence-electron chi connectivity index (χ0n) is 15.6. The Kier molecular flexibility index (Phi) is 4.70. The van der Waals surface area contributed by atoms with Gasteiger partial charge in [-0.15, -0.1) is 0 Å². The summed E-state index contributed by atoms with van der Waals surface area (Å²) in [6.45, 7) is 1.23. The van der Waals surface area contributed by atoms with E-state index in [2.05, 4.69) is 25.9 Å². The molecular formula is C19H20BrN5O3. The second-order valence-electron chi connectivity index (χ2n) is 7.10. The quantitative estimate of drug-likeness (QED) is 0.649. The fourth-order valence-corrected chi connectivity index (χ4v) is 4.10. The molecule has 3 aromatic rings. The van der Waals surface area contributed by atoms with Gasteiger partial charge in [-0.05, 0) is 31.0 Å². The van der Waals surface area contributed by atoms with Crippen LogP contribution in [0.5, 0.6) is 0 Å². The number of carbonyl (C=O) groups excluding carboxylic acids is 1. The SMILES string of the molecule is Cn1c(=O)c2[nH]c(C3CCN(C(=O)c4cccc(Br)c4)CC3)nc2n(C)c1=O. The van der Waals surface area contributed by atoms with Gasteiger partial charge in [0, 0.05) is 43.1 Å². The van der Waals surface area contributed by atoms with Gasteiger partial charge in [0.2, 0.25) is 0 Å². The monoisotopic (exact) mass is 445 g/mol. The third-order valence-corrected chi connectivity index (χ3v) is 5.85. The molecule has 0 aliphatic carbocycles. The summed E-state index contributed by atoms with van der Waals surface area (Å²) in [5, 5.41) is 0. The first-order chi connectivity index (χ1) is 13.4. The predicted octanol–water partition coefficient (Wildman–Crippen LogP) is 1.74. The van der Waals surface area contributed by atoms with Gasteiger partial charge in [0.05, 0.1) is 0 Å². The fraction of sp³-hybridized carbons (Fsp3) is 0.368. The van der Waals surface area contributed by atoms with E-state index in [1.165, 1.54) is 11.6 Å². The Balaban J connectivity index is 1.55. The molecule has 0 bridgehead atoms. The number of amides is 1. The molecule has 1 N–H and O–H groups in total. The molecule has 1 aliphatic rings. The molecule has 4 rings (SSSR count). The number of aromatic amines is 1. The number of piperidine rings is 1. The summed E-state index contributed by atoms with van der Waals surface area (Å²) in [7, 11) is 3.06. The Morgan fingerprint density at radius 2 is 1.89 bits per heavy atom. The van der Waals surface area contributed by atoms with Crippen LogP contribution in [-0.2, 0) is 14.1 Å². The van der Waals surface area contributed by atoms with Crippen LogP contribution in [0.2, 0.25) is 0 Å². The highest BCUT2D eigenvalue weighted by Crippen LogP contribution is 2.28. The Hall–Kier alpha value is -2.68. The molecule has 1 fully saturated rings. The Morgan fingerprint density at radius 1 is 1.18 bits per heavy atom. The molecule has 9 heteroatoms. The van der Waals surface area contributed by atoms with Gasteiger partial charge in [0.25, 0.3) is 11.5 Å². The predicted molar refractivity (Wildman–Crippen MR) is 109 cm³/mol. The number of carbonyl (C=O) groups is 1. The third-order valence-electron chi connectivity index (χ3n) is 5.35. The van der Waals surface area contributed by atoms with Crippen molar-refractivity contribution in [1.29, 1.82) is 0 Å². The van der Waals surface area contributed by atoms with Gasteiger partial charge in [0.1, 0.15) is 11.3 Å². The topological polar surface area (TPSA) is 93.0 Å². The van der Waals surface area contributed by atoms with Crippen molar-refractivity contribution in [2.75, 3.05) is 13.1 Å². The van der Waals surface area contributed by atoms with Crippen LogP contribution >= 0.6 is 15.9 Å². The van der Waals surface area contributed by atoms with Gasteiger partial charge in [0.15, 0.2) is 5.65 Å². The maximum absolute atomic E-state index is 12.7. The van der Waals surface area contributed by atoms with Crippen molar-refractivity contribution < 1.29 is 4.79 Å². The number of imidazole rings is 1. The highest BCUT2D eigenvalue weighted by atomic mass is 79.9. The number of nitrogens with zero attached hydrogens (tertiary/aromatic N) is 4. The van der Waals surface area contributed by atoms with Crippen LogP contribution in [0.4, 0.5) is 0 Å². The van der Waals surface area contributed by atoms with Crippen molar-refractivity contribution in [2.24, 2.45) is 14.1 Å². The van der Waals surface area contributed by atoms with Gasteiger partial charge in [-0.2, -0.15) is 0 Å². The molecule has 8 nitrogen and oxygen atoms in total. The first-order valence-corrected chi connectivity index (χ1v) is 9.86. The number of aryl methyl sites for hydroxylation is 1. The highest BCUT2D eigenvalue weighted by molar-refractivity contribution is 9.10. The Labute approximate surface area is 168 Å². The van der Waals surface area contributed by atoms with Gasteiger partial charge in [-0.3, -0.25) is 18.7 Å². The van der Waals surface area contributed by atoms with Crippen LogP contribution < -0.4 is 11.2 Å². The van der Waals surface area contributed by atoms with Crippen LogP contribution in [0.25, 0.3) is 11.2 Å². The number of fused-ring (bicyclic) bond motifs is 1. The van der Waals surface area contributed by atoms with E-state index >= 15 is 0 Å². The van der Waals surface area contributed by atoms with Crippen molar-refractivity contribution in [3.8, 4) is 0 Å². The summed E-state index contributed by atoms with van der Waals surface area (Å²) in [5.41, 5.74) is 0.599. The van der Waals surface area contributed by atoms with Crippen molar-refractivity contribution in [3.63, 3.8) is 0 Å². The Morgan fingerprint density at radius 3 is 2.57 bits per heavy atom. The second kappa shape index (κ2) is 7.05. The molecule has 0 radical (unpaired) electrons. The highest BCUT2D eigenvalue weighted by Gasteiger charge is 2.27. The summed E-state index contributed by atoms with van der Waals surface area (Å²) < 4.78 is 3.33. The van der Waals surface area contributed by atoms with Crippen LogP contribution in [0.3, 0.4) is 0 Å². The van der Waals surface area contributed by atoms with E-state index in [-0.39, 0.29) is 17.4 Å². The number of hydrogen-bond acceptors (Lipinski definition) is 4. The molecule has 146 valence electrons. The summed E-state index contributed by atoms with van der Waals surface area (Å²) in [6.07, 6.45) is 1.49.